The molecule has 29 heavy (non-hydrogen) atoms. The maximum Gasteiger partial charge on any atom is 0.315 e. The van der Waals surface area contributed by atoms with Crippen LogP contribution in [0.4, 0.5) is 10.6 Å². The summed E-state index contributed by atoms with van der Waals surface area (Å²) in [6, 6.07) is 10.4. The van der Waals surface area contributed by atoms with Gasteiger partial charge in [-0.05, 0) is 44.2 Å². The summed E-state index contributed by atoms with van der Waals surface area (Å²) in [5, 5.41) is 6.10. The fraction of sp³-hybridized carbons (Fsp3) is 0.500. The van der Waals surface area contributed by atoms with Crippen LogP contribution < -0.4 is 15.5 Å². The highest BCUT2D eigenvalue weighted by Crippen LogP contribution is 2.26. The van der Waals surface area contributed by atoms with Crippen molar-refractivity contribution in [3.05, 3.63) is 53.0 Å². The summed E-state index contributed by atoms with van der Waals surface area (Å²) >= 11 is 0. The number of fused-ring (bicyclic) bond motifs is 1. The van der Waals surface area contributed by atoms with Crippen LogP contribution in [0.3, 0.4) is 0 Å². The third kappa shape index (κ3) is 4.85. The minimum atomic E-state index is -0.121. The summed E-state index contributed by atoms with van der Waals surface area (Å²) in [6.45, 7) is 6.85. The topological polar surface area (TPSA) is 79.4 Å². The summed E-state index contributed by atoms with van der Waals surface area (Å²) in [7, 11) is 0. The van der Waals surface area contributed by atoms with E-state index in [-0.39, 0.29) is 18.2 Å². The minimum absolute atomic E-state index is 0.0724. The Hall–Kier alpha value is -2.67. The number of amides is 2. The molecule has 0 aliphatic carbocycles. The third-order valence-electron chi connectivity index (χ3n) is 5.65. The predicted molar refractivity (Wildman–Crippen MR) is 112 cm³/mol. The molecule has 3 heterocycles. The standard InChI is InChI=1S/C22H29N5O2/c1-15-13-21(25-16(2)24-15)27-10-7-18(8-11-27)26-22(28)23-14-20-19-6-4-3-5-17(19)9-12-29-20/h3-6,13,18,20H,7-12,14H2,1-2H3,(H2,23,26,28). The zero-order valence-electron chi connectivity index (χ0n) is 17.1. The molecule has 2 amide bonds. The van der Waals surface area contributed by atoms with Gasteiger partial charge < -0.3 is 20.3 Å². The molecule has 7 nitrogen and oxygen atoms in total. The molecule has 2 N–H and O–H groups in total. The monoisotopic (exact) mass is 395 g/mol. The third-order valence-corrected chi connectivity index (χ3v) is 5.65. The van der Waals surface area contributed by atoms with Gasteiger partial charge in [-0.1, -0.05) is 24.3 Å². The van der Waals surface area contributed by atoms with Crippen LogP contribution in [-0.2, 0) is 11.2 Å². The molecule has 7 heteroatoms. The van der Waals surface area contributed by atoms with Crippen LogP contribution >= 0.6 is 0 Å². The molecule has 1 aromatic heterocycles. The SMILES string of the molecule is Cc1cc(N2CCC(NC(=O)NCC3OCCc4ccccc43)CC2)nc(C)n1. The van der Waals surface area contributed by atoms with E-state index in [4.69, 9.17) is 4.74 Å². The number of nitrogens with zero attached hydrogens (tertiary/aromatic N) is 3. The lowest BCUT2D eigenvalue weighted by Crippen LogP contribution is -2.49. The highest BCUT2D eigenvalue weighted by molar-refractivity contribution is 5.74. The van der Waals surface area contributed by atoms with E-state index in [1.54, 1.807) is 0 Å². The van der Waals surface area contributed by atoms with E-state index < -0.39 is 0 Å². The zero-order valence-corrected chi connectivity index (χ0v) is 17.1. The summed E-state index contributed by atoms with van der Waals surface area (Å²) in [4.78, 5) is 23.6. The molecular formula is C22H29N5O2. The molecule has 154 valence electrons. The molecule has 4 rings (SSSR count). The number of hydrogen-bond acceptors (Lipinski definition) is 5. The number of anilines is 1. The summed E-state index contributed by atoms with van der Waals surface area (Å²) in [6.07, 6.45) is 2.66. The molecule has 1 atom stereocenters. The van der Waals surface area contributed by atoms with E-state index in [2.05, 4.69) is 43.7 Å². The van der Waals surface area contributed by atoms with Crippen molar-refractivity contribution in [3.8, 4) is 0 Å². The first-order valence-corrected chi connectivity index (χ1v) is 10.4. The number of ether oxygens (including phenoxy) is 1. The van der Waals surface area contributed by atoms with Crippen LogP contribution in [0.15, 0.2) is 30.3 Å². The van der Waals surface area contributed by atoms with Gasteiger partial charge in [-0.2, -0.15) is 0 Å². The second kappa shape index (κ2) is 8.78. The largest absolute Gasteiger partial charge is 0.371 e. The van der Waals surface area contributed by atoms with Crippen LogP contribution in [0.5, 0.6) is 0 Å². The lowest BCUT2D eigenvalue weighted by molar-refractivity contribution is 0.0440. The summed E-state index contributed by atoms with van der Waals surface area (Å²) in [5.74, 6) is 1.78. The molecule has 2 aliphatic heterocycles. The van der Waals surface area contributed by atoms with E-state index >= 15 is 0 Å². The Bertz CT molecular complexity index is 844. The number of urea groups is 1. The van der Waals surface area contributed by atoms with Crippen molar-refractivity contribution in [2.75, 3.05) is 31.1 Å². The second-order valence-electron chi connectivity index (χ2n) is 7.84. The zero-order chi connectivity index (χ0) is 20.2. The van der Waals surface area contributed by atoms with Gasteiger partial charge >= 0.3 is 6.03 Å². The van der Waals surface area contributed by atoms with Crippen LogP contribution in [0.2, 0.25) is 0 Å². The predicted octanol–water partition coefficient (Wildman–Crippen LogP) is 2.68. The molecular weight excluding hydrogens is 366 g/mol. The van der Waals surface area contributed by atoms with Crippen molar-refractivity contribution < 1.29 is 9.53 Å². The van der Waals surface area contributed by atoms with Gasteiger partial charge in [0.15, 0.2) is 0 Å². The molecule has 0 radical (unpaired) electrons. The van der Waals surface area contributed by atoms with E-state index in [1.807, 2.05) is 26.0 Å². The first kappa shape index (κ1) is 19.6. The summed E-state index contributed by atoms with van der Waals surface area (Å²) < 4.78 is 5.87. The van der Waals surface area contributed by atoms with E-state index in [1.165, 1.54) is 11.1 Å². The molecule has 2 aromatic rings. The van der Waals surface area contributed by atoms with E-state index in [0.717, 1.165) is 49.7 Å². The molecule has 0 saturated carbocycles. The number of benzene rings is 1. The Morgan fingerprint density at radius 2 is 2.00 bits per heavy atom. The van der Waals surface area contributed by atoms with Gasteiger partial charge in [0, 0.05) is 37.4 Å². The highest BCUT2D eigenvalue weighted by atomic mass is 16.5. The van der Waals surface area contributed by atoms with Crippen LogP contribution in [-0.4, -0.2) is 48.3 Å². The lowest BCUT2D eigenvalue weighted by Gasteiger charge is -2.33. The Kier molecular flexibility index (Phi) is 5.94. The molecule has 1 unspecified atom stereocenters. The normalized spacial score (nSPS) is 19.5. The number of piperidine rings is 1. The van der Waals surface area contributed by atoms with Crippen LogP contribution in [0, 0.1) is 13.8 Å². The van der Waals surface area contributed by atoms with Gasteiger partial charge in [0.25, 0.3) is 0 Å². The first-order valence-electron chi connectivity index (χ1n) is 10.4. The maximum absolute atomic E-state index is 12.4. The molecule has 0 spiro atoms. The van der Waals surface area contributed by atoms with Crippen LogP contribution in [0.1, 0.15) is 41.6 Å². The fourth-order valence-electron chi connectivity index (χ4n) is 4.18. The van der Waals surface area contributed by atoms with Crippen molar-refractivity contribution in [3.63, 3.8) is 0 Å². The number of carbonyl (C=O) groups excluding carboxylic acids is 1. The quantitative estimate of drug-likeness (QED) is 0.832. The van der Waals surface area contributed by atoms with Crippen molar-refractivity contribution in [1.29, 1.82) is 0 Å². The minimum Gasteiger partial charge on any atom is -0.371 e. The number of hydrogen-bond donors (Lipinski definition) is 2. The number of carbonyl (C=O) groups is 1. The second-order valence-corrected chi connectivity index (χ2v) is 7.84. The smallest absolute Gasteiger partial charge is 0.315 e. The van der Waals surface area contributed by atoms with Gasteiger partial charge in [0.05, 0.1) is 6.61 Å². The fourth-order valence-corrected chi connectivity index (χ4v) is 4.18. The molecule has 1 fully saturated rings. The number of aryl methyl sites for hydroxylation is 2. The molecule has 2 aliphatic rings. The van der Waals surface area contributed by atoms with Gasteiger partial charge in [-0.25, -0.2) is 14.8 Å². The van der Waals surface area contributed by atoms with Gasteiger partial charge in [0.1, 0.15) is 17.7 Å². The van der Waals surface area contributed by atoms with Crippen molar-refractivity contribution >= 4 is 11.8 Å². The van der Waals surface area contributed by atoms with Gasteiger partial charge in [0.2, 0.25) is 0 Å². The van der Waals surface area contributed by atoms with E-state index in [9.17, 15) is 4.79 Å². The lowest BCUT2D eigenvalue weighted by atomic mass is 9.98. The van der Waals surface area contributed by atoms with Crippen molar-refractivity contribution in [2.24, 2.45) is 0 Å². The molecule has 1 aromatic carbocycles. The average Bonchev–Trinajstić information content (AvgIpc) is 2.72. The Balaban J connectivity index is 1.24. The summed E-state index contributed by atoms with van der Waals surface area (Å²) in [5.41, 5.74) is 3.48. The van der Waals surface area contributed by atoms with E-state index in [0.29, 0.717) is 13.2 Å². The van der Waals surface area contributed by atoms with Crippen molar-refractivity contribution in [1.82, 2.24) is 20.6 Å². The molecule has 1 saturated heterocycles. The molecule has 0 bridgehead atoms. The van der Waals surface area contributed by atoms with Crippen molar-refractivity contribution in [2.45, 2.75) is 45.3 Å². The Morgan fingerprint density at radius 3 is 2.79 bits per heavy atom. The number of rotatable bonds is 4. The van der Waals surface area contributed by atoms with Gasteiger partial charge in [-0.3, -0.25) is 0 Å². The highest BCUT2D eigenvalue weighted by Gasteiger charge is 2.24. The Morgan fingerprint density at radius 1 is 1.21 bits per heavy atom. The van der Waals surface area contributed by atoms with Gasteiger partial charge in [-0.15, -0.1) is 0 Å². The number of aromatic nitrogens is 2. The number of nitrogens with one attached hydrogen (secondary N) is 2. The Labute approximate surface area is 171 Å². The average molecular weight is 396 g/mol. The maximum atomic E-state index is 12.4. The van der Waals surface area contributed by atoms with Crippen LogP contribution in [0.25, 0.3) is 0 Å². The first-order chi connectivity index (χ1) is 14.1.